The SMILES string of the molecule is CCCCc1nc2nc(C)c(Br)cc2[nH]1. The largest absolute Gasteiger partial charge is 0.341 e. The number of hydrogen-bond acceptors (Lipinski definition) is 2. The van der Waals surface area contributed by atoms with Gasteiger partial charge in [-0.3, -0.25) is 0 Å². The van der Waals surface area contributed by atoms with Gasteiger partial charge in [-0.05, 0) is 35.3 Å². The quantitative estimate of drug-likeness (QED) is 0.927. The molecule has 0 aromatic carbocycles. The number of nitrogens with one attached hydrogen (secondary N) is 1. The number of unbranched alkanes of at least 4 members (excludes halogenated alkanes) is 1. The van der Waals surface area contributed by atoms with Gasteiger partial charge in [-0.25, -0.2) is 9.97 Å². The van der Waals surface area contributed by atoms with Crippen molar-refractivity contribution in [2.45, 2.75) is 33.1 Å². The van der Waals surface area contributed by atoms with Crippen LogP contribution in [0.1, 0.15) is 31.3 Å². The number of H-pyrrole nitrogens is 1. The summed E-state index contributed by atoms with van der Waals surface area (Å²) < 4.78 is 1.03. The molecule has 0 atom stereocenters. The van der Waals surface area contributed by atoms with E-state index in [-0.39, 0.29) is 0 Å². The second kappa shape index (κ2) is 4.31. The van der Waals surface area contributed by atoms with Crippen LogP contribution in [0.2, 0.25) is 0 Å². The zero-order chi connectivity index (χ0) is 10.8. The van der Waals surface area contributed by atoms with E-state index in [1.54, 1.807) is 0 Å². The summed E-state index contributed by atoms with van der Waals surface area (Å²) in [5, 5.41) is 0. The summed E-state index contributed by atoms with van der Waals surface area (Å²) >= 11 is 3.47. The molecule has 15 heavy (non-hydrogen) atoms. The lowest BCUT2D eigenvalue weighted by atomic mass is 10.2. The van der Waals surface area contributed by atoms with Crippen LogP contribution in [0.3, 0.4) is 0 Å². The van der Waals surface area contributed by atoms with E-state index >= 15 is 0 Å². The molecule has 0 radical (unpaired) electrons. The van der Waals surface area contributed by atoms with Crippen molar-refractivity contribution in [2.24, 2.45) is 0 Å². The zero-order valence-electron chi connectivity index (χ0n) is 8.97. The topological polar surface area (TPSA) is 41.6 Å². The van der Waals surface area contributed by atoms with Gasteiger partial charge in [0.05, 0.1) is 11.2 Å². The Morgan fingerprint density at radius 2 is 2.20 bits per heavy atom. The summed E-state index contributed by atoms with van der Waals surface area (Å²) in [4.78, 5) is 12.2. The van der Waals surface area contributed by atoms with Gasteiger partial charge in [-0.1, -0.05) is 13.3 Å². The molecule has 2 heterocycles. The minimum atomic E-state index is 0.821. The molecule has 0 amide bonds. The molecule has 0 unspecified atom stereocenters. The van der Waals surface area contributed by atoms with Crippen LogP contribution in [0.5, 0.6) is 0 Å². The second-order valence-corrected chi connectivity index (χ2v) is 4.57. The molecular weight excluding hydrogens is 254 g/mol. The zero-order valence-corrected chi connectivity index (χ0v) is 10.6. The molecule has 2 rings (SSSR count). The van der Waals surface area contributed by atoms with Crippen molar-refractivity contribution in [1.29, 1.82) is 0 Å². The molecule has 0 fully saturated rings. The van der Waals surface area contributed by atoms with Crippen molar-refractivity contribution in [1.82, 2.24) is 15.0 Å². The lowest BCUT2D eigenvalue weighted by Gasteiger charge is -1.94. The monoisotopic (exact) mass is 267 g/mol. The molecule has 0 aliphatic heterocycles. The van der Waals surface area contributed by atoms with Crippen LogP contribution in [0.15, 0.2) is 10.5 Å². The Hall–Kier alpha value is -0.900. The minimum absolute atomic E-state index is 0.821. The van der Waals surface area contributed by atoms with Crippen molar-refractivity contribution in [3.05, 3.63) is 22.1 Å². The number of aromatic amines is 1. The Labute approximate surface area is 97.5 Å². The fourth-order valence-corrected chi connectivity index (χ4v) is 1.84. The summed E-state index contributed by atoms with van der Waals surface area (Å²) in [5.41, 5.74) is 2.82. The second-order valence-electron chi connectivity index (χ2n) is 3.71. The third-order valence-electron chi connectivity index (χ3n) is 2.42. The molecule has 2 aromatic rings. The van der Waals surface area contributed by atoms with Crippen molar-refractivity contribution >= 4 is 27.1 Å². The summed E-state index contributed by atoms with van der Waals surface area (Å²) in [6.45, 7) is 4.16. The summed E-state index contributed by atoms with van der Waals surface area (Å²) in [6, 6.07) is 2.04. The molecule has 0 spiro atoms. The first-order valence-electron chi connectivity index (χ1n) is 5.22. The predicted octanol–water partition coefficient (Wildman–Crippen LogP) is 3.37. The fourth-order valence-electron chi connectivity index (χ4n) is 1.52. The van der Waals surface area contributed by atoms with E-state index in [4.69, 9.17) is 0 Å². The third kappa shape index (κ3) is 2.20. The fraction of sp³-hybridized carbons (Fsp3) is 0.455. The highest BCUT2D eigenvalue weighted by atomic mass is 79.9. The van der Waals surface area contributed by atoms with E-state index in [0.29, 0.717) is 0 Å². The van der Waals surface area contributed by atoms with E-state index in [1.807, 2.05) is 13.0 Å². The van der Waals surface area contributed by atoms with Crippen LogP contribution in [0.4, 0.5) is 0 Å². The van der Waals surface area contributed by atoms with E-state index < -0.39 is 0 Å². The van der Waals surface area contributed by atoms with Crippen LogP contribution >= 0.6 is 15.9 Å². The number of aryl methyl sites for hydroxylation is 2. The number of rotatable bonds is 3. The van der Waals surface area contributed by atoms with Gasteiger partial charge < -0.3 is 4.98 Å². The Kier molecular flexibility index (Phi) is 3.05. The molecule has 3 nitrogen and oxygen atoms in total. The van der Waals surface area contributed by atoms with Crippen molar-refractivity contribution in [2.75, 3.05) is 0 Å². The molecule has 4 heteroatoms. The molecule has 0 aliphatic carbocycles. The first kappa shape index (κ1) is 10.6. The van der Waals surface area contributed by atoms with Crippen LogP contribution in [0, 0.1) is 6.92 Å². The molecule has 2 aromatic heterocycles. The van der Waals surface area contributed by atoms with Gasteiger partial charge in [0.2, 0.25) is 0 Å². The lowest BCUT2D eigenvalue weighted by Crippen LogP contribution is -1.86. The average molecular weight is 268 g/mol. The highest BCUT2D eigenvalue weighted by Gasteiger charge is 2.06. The highest BCUT2D eigenvalue weighted by molar-refractivity contribution is 9.10. The van der Waals surface area contributed by atoms with Crippen molar-refractivity contribution in [3.8, 4) is 0 Å². The maximum absolute atomic E-state index is 4.46. The smallest absolute Gasteiger partial charge is 0.178 e. The third-order valence-corrected chi connectivity index (χ3v) is 3.22. The molecule has 0 aliphatic rings. The number of aromatic nitrogens is 3. The van der Waals surface area contributed by atoms with E-state index in [2.05, 4.69) is 37.8 Å². The van der Waals surface area contributed by atoms with Crippen LogP contribution in [-0.4, -0.2) is 15.0 Å². The van der Waals surface area contributed by atoms with Crippen LogP contribution in [0.25, 0.3) is 11.2 Å². The molecule has 80 valence electrons. The number of hydrogen-bond donors (Lipinski definition) is 1. The van der Waals surface area contributed by atoms with Crippen LogP contribution < -0.4 is 0 Å². The number of halogens is 1. The summed E-state index contributed by atoms with van der Waals surface area (Å²) in [6.07, 6.45) is 3.36. The molecule has 0 saturated carbocycles. The van der Waals surface area contributed by atoms with Crippen molar-refractivity contribution in [3.63, 3.8) is 0 Å². The maximum Gasteiger partial charge on any atom is 0.178 e. The van der Waals surface area contributed by atoms with Gasteiger partial charge in [0.25, 0.3) is 0 Å². The number of nitrogens with zero attached hydrogens (tertiary/aromatic N) is 2. The minimum Gasteiger partial charge on any atom is -0.341 e. The first-order valence-corrected chi connectivity index (χ1v) is 6.01. The molecule has 0 bridgehead atoms. The number of imidazole rings is 1. The lowest BCUT2D eigenvalue weighted by molar-refractivity contribution is 0.764. The Morgan fingerprint density at radius 3 is 2.93 bits per heavy atom. The van der Waals surface area contributed by atoms with Gasteiger partial charge in [-0.2, -0.15) is 0 Å². The maximum atomic E-state index is 4.46. The predicted molar refractivity (Wildman–Crippen MR) is 64.9 cm³/mol. The number of fused-ring (bicyclic) bond motifs is 1. The molecular formula is C11H14BrN3. The van der Waals surface area contributed by atoms with E-state index in [1.165, 1.54) is 12.8 Å². The van der Waals surface area contributed by atoms with E-state index in [9.17, 15) is 0 Å². The normalized spacial score (nSPS) is 11.1. The van der Waals surface area contributed by atoms with Gasteiger partial charge in [0, 0.05) is 10.9 Å². The van der Waals surface area contributed by atoms with Crippen molar-refractivity contribution < 1.29 is 0 Å². The highest BCUT2D eigenvalue weighted by Crippen LogP contribution is 2.19. The standard InChI is InChI=1S/C11H14BrN3/c1-3-4-5-10-14-9-6-8(12)7(2)13-11(9)15-10/h6H,3-5H2,1-2H3,(H,13,14,15). The van der Waals surface area contributed by atoms with Gasteiger partial charge in [-0.15, -0.1) is 0 Å². The Balaban J connectivity index is 2.38. The van der Waals surface area contributed by atoms with Gasteiger partial charge in [0.15, 0.2) is 5.65 Å². The number of pyridine rings is 1. The first-order chi connectivity index (χ1) is 7.20. The van der Waals surface area contributed by atoms with Gasteiger partial charge >= 0.3 is 0 Å². The van der Waals surface area contributed by atoms with Gasteiger partial charge in [0.1, 0.15) is 5.82 Å². The summed E-state index contributed by atoms with van der Waals surface area (Å²) in [7, 11) is 0. The molecule has 0 saturated heterocycles. The average Bonchev–Trinajstić information content (AvgIpc) is 2.58. The Bertz CT molecular complexity index is 437. The van der Waals surface area contributed by atoms with E-state index in [0.717, 1.165) is 33.6 Å². The van der Waals surface area contributed by atoms with Crippen LogP contribution in [-0.2, 0) is 6.42 Å². The summed E-state index contributed by atoms with van der Waals surface area (Å²) in [5.74, 6) is 1.04. The Morgan fingerprint density at radius 1 is 1.40 bits per heavy atom. The molecule has 1 N–H and O–H groups in total.